The molecule has 2 aromatic heterocycles. The van der Waals surface area contributed by atoms with E-state index in [1.807, 2.05) is 0 Å². The number of halogens is 1. The van der Waals surface area contributed by atoms with E-state index in [0.29, 0.717) is 25.6 Å². The van der Waals surface area contributed by atoms with Crippen molar-refractivity contribution in [3.8, 4) is 0 Å². The molecule has 0 bridgehead atoms. The first kappa shape index (κ1) is 19.8. The SMILES string of the molecule is O=S(=O)(Nc1nc(CN2CCOCC2)nc2sc3c(c12)CCC3)c1cccc(F)c1. The molecule has 0 unspecified atom stereocenters. The van der Waals surface area contributed by atoms with Gasteiger partial charge in [-0.2, -0.15) is 0 Å². The van der Waals surface area contributed by atoms with Crippen LogP contribution in [0, 0.1) is 5.82 Å². The normalized spacial score (nSPS) is 17.4. The Hall–Kier alpha value is -2.14. The summed E-state index contributed by atoms with van der Waals surface area (Å²) in [7, 11) is -3.98. The summed E-state index contributed by atoms with van der Waals surface area (Å²) in [5.41, 5.74) is 1.13. The second-order valence-corrected chi connectivity index (χ2v) is 10.2. The zero-order valence-corrected chi connectivity index (χ0v) is 17.9. The first-order chi connectivity index (χ1) is 14.5. The predicted molar refractivity (Wildman–Crippen MR) is 113 cm³/mol. The fourth-order valence-corrected chi connectivity index (χ4v) is 6.29. The average Bonchev–Trinajstić information content (AvgIpc) is 3.29. The second-order valence-electron chi connectivity index (χ2n) is 7.48. The molecule has 1 aromatic carbocycles. The molecular formula is C20H21FN4O3S2. The zero-order chi connectivity index (χ0) is 20.7. The Kier molecular flexibility index (Phi) is 5.18. The van der Waals surface area contributed by atoms with Gasteiger partial charge in [-0.3, -0.25) is 9.62 Å². The van der Waals surface area contributed by atoms with E-state index in [9.17, 15) is 12.8 Å². The zero-order valence-electron chi connectivity index (χ0n) is 16.2. The first-order valence-electron chi connectivity index (χ1n) is 9.89. The highest BCUT2D eigenvalue weighted by Crippen LogP contribution is 2.40. The molecular weight excluding hydrogens is 427 g/mol. The molecule has 0 saturated carbocycles. The lowest BCUT2D eigenvalue weighted by molar-refractivity contribution is 0.0331. The maximum atomic E-state index is 13.6. The molecule has 0 amide bonds. The summed E-state index contributed by atoms with van der Waals surface area (Å²) in [6, 6.07) is 4.98. The molecule has 1 fully saturated rings. The lowest BCUT2D eigenvalue weighted by Gasteiger charge is -2.25. The van der Waals surface area contributed by atoms with E-state index in [-0.39, 0.29) is 10.7 Å². The Balaban J connectivity index is 1.56. The smallest absolute Gasteiger partial charge is 0.263 e. The fourth-order valence-electron chi connectivity index (χ4n) is 3.96. The van der Waals surface area contributed by atoms with Crippen LogP contribution in [0.4, 0.5) is 10.2 Å². The van der Waals surface area contributed by atoms with E-state index < -0.39 is 15.8 Å². The van der Waals surface area contributed by atoms with E-state index in [0.717, 1.165) is 54.2 Å². The van der Waals surface area contributed by atoms with Crippen LogP contribution in [-0.2, 0) is 34.1 Å². The van der Waals surface area contributed by atoms with Crippen molar-refractivity contribution in [2.24, 2.45) is 0 Å². The Morgan fingerprint density at radius 2 is 2.03 bits per heavy atom. The number of benzene rings is 1. The molecule has 0 spiro atoms. The highest BCUT2D eigenvalue weighted by Gasteiger charge is 2.26. The molecule has 7 nitrogen and oxygen atoms in total. The van der Waals surface area contributed by atoms with Crippen LogP contribution in [0.15, 0.2) is 29.2 Å². The number of anilines is 1. The van der Waals surface area contributed by atoms with Crippen molar-refractivity contribution in [1.82, 2.24) is 14.9 Å². The van der Waals surface area contributed by atoms with Crippen molar-refractivity contribution in [1.29, 1.82) is 0 Å². The number of aromatic nitrogens is 2. The van der Waals surface area contributed by atoms with Crippen LogP contribution >= 0.6 is 11.3 Å². The molecule has 3 heterocycles. The van der Waals surface area contributed by atoms with Gasteiger partial charge in [0, 0.05) is 18.0 Å². The van der Waals surface area contributed by atoms with Gasteiger partial charge in [0.05, 0.1) is 30.0 Å². The maximum Gasteiger partial charge on any atom is 0.263 e. The van der Waals surface area contributed by atoms with Gasteiger partial charge in [-0.15, -0.1) is 11.3 Å². The number of rotatable bonds is 5. The summed E-state index contributed by atoms with van der Waals surface area (Å²) in [6.07, 6.45) is 2.91. The Morgan fingerprint density at radius 1 is 1.20 bits per heavy atom. The summed E-state index contributed by atoms with van der Waals surface area (Å²) in [5, 5.41) is 0.776. The number of ether oxygens (including phenoxy) is 1. The number of fused-ring (bicyclic) bond motifs is 3. The molecule has 5 rings (SSSR count). The fraction of sp³-hybridized carbons (Fsp3) is 0.400. The number of nitrogens with zero attached hydrogens (tertiary/aromatic N) is 3. The molecule has 0 atom stereocenters. The first-order valence-corrected chi connectivity index (χ1v) is 12.2. The van der Waals surface area contributed by atoms with Gasteiger partial charge in [-0.25, -0.2) is 22.8 Å². The van der Waals surface area contributed by atoms with Crippen molar-refractivity contribution in [2.75, 3.05) is 31.0 Å². The van der Waals surface area contributed by atoms with Crippen LogP contribution in [0.1, 0.15) is 22.7 Å². The summed E-state index contributed by atoms with van der Waals surface area (Å²) in [6.45, 7) is 3.42. The van der Waals surface area contributed by atoms with Gasteiger partial charge in [0.15, 0.2) is 5.82 Å². The molecule has 158 valence electrons. The molecule has 1 N–H and O–H groups in total. The summed E-state index contributed by atoms with van der Waals surface area (Å²) in [4.78, 5) is 13.5. The molecule has 0 radical (unpaired) electrons. The molecule has 2 aliphatic rings. The van der Waals surface area contributed by atoms with Gasteiger partial charge in [0.2, 0.25) is 0 Å². The van der Waals surface area contributed by atoms with Gasteiger partial charge in [-0.05, 0) is 43.0 Å². The average molecular weight is 449 g/mol. The maximum absolute atomic E-state index is 13.6. The molecule has 1 saturated heterocycles. The summed E-state index contributed by atoms with van der Waals surface area (Å²) in [5.74, 6) is 0.253. The standard InChI is InChI=1S/C20H21FN4O3S2/c21-13-3-1-4-14(11-13)30(26,27)24-19-18-15-5-2-6-16(15)29-20(18)23-17(22-19)12-25-7-9-28-10-8-25/h1,3-4,11H,2,5-10,12H2,(H,22,23,24). The third-order valence-electron chi connectivity index (χ3n) is 5.42. The van der Waals surface area contributed by atoms with Crippen molar-refractivity contribution in [2.45, 2.75) is 30.7 Å². The van der Waals surface area contributed by atoms with Gasteiger partial charge in [0.1, 0.15) is 16.5 Å². The Labute approximate surface area is 178 Å². The van der Waals surface area contributed by atoms with E-state index in [4.69, 9.17) is 9.72 Å². The number of sulfonamides is 1. The van der Waals surface area contributed by atoms with Crippen LogP contribution in [0.2, 0.25) is 0 Å². The minimum Gasteiger partial charge on any atom is -0.379 e. The number of morpholine rings is 1. The Morgan fingerprint density at radius 3 is 2.83 bits per heavy atom. The highest BCUT2D eigenvalue weighted by molar-refractivity contribution is 7.92. The largest absolute Gasteiger partial charge is 0.379 e. The molecule has 30 heavy (non-hydrogen) atoms. The number of aryl methyl sites for hydroxylation is 2. The van der Waals surface area contributed by atoms with Gasteiger partial charge >= 0.3 is 0 Å². The highest BCUT2D eigenvalue weighted by atomic mass is 32.2. The number of nitrogens with one attached hydrogen (secondary N) is 1. The minimum atomic E-state index is -3.98. The van der Waals surface area contributed by atoms with Crippen LogP contribution < -0.4 is 4.72 Å². The lowest BCUT2D eigenvalue weighted by Crippen LogP contribution is -2.36. The van der Waals surface area contributed by atoms with E-state index >= 15 is 0 Å². The number of hydrogen-bond acceptors (Lipinski definition) is 7. The lowest BCUT2D eigenvalue weighted by atomic mass is 10.2. The topological polar surface area (TPSA) is 84.4 Å². The third-order valence-corrected chi connectivity index (χ3v) is 7.94. The van der Waals surface area contributed by atoms with Gasteiger partial charge < -0.3 is 4.74 Å². The van der Waals surface area contributed by atoms with Crippen molar-refractivity contribution >= 4 is 37.4 Å². The van der Waals surface area contributed by atoms with Gasteiger partial charge in [0.25, 0.3) is 10.0 Å². The second kappa shape index (κ2) is 7.84. The molecule has 1 aliphatic carbocycles. The van der Waals surface area contributed by atoms with E-state index in [1.54, 1.807) is 11.3 Å². The Bertz CT molecular complexity index is 1210. The summed E-state index contributed by atoms with van der Waals surface area (Å²) < 4.78 is 47.5. The van der Waals surface area contributed by atoms with Crippen LogP contribution in [0.25, 0.3) is 10.2 Å². The molecule has 1 aliphatic heterocycles. The van der Waals surface area contributed by atoms with E-state index in [1.165, 1.54) is 23.1 Å². The predicted octanol–water partition coefficient (Wildman–Crippen LogP) is 2.95. The van der Waals surface area contributed by atoms with Crippen LogP contribution in [0.3, 0.4) is 0 Å². The van der Waals surface area contributed by atoms with Crippen LogP contribution in [-0.4, -0.2) is 49.6 Å². The molecule has 3 aromatic rings. The quantitative estimate of drug-likeness (QED) is 0.646. The van der Waals surface area contributed by atoms with Crippen molar-refractivity contribution < 1.29 is 17.5 Å². The monoisotopic (exact) mass is 448 g/mol. The van der Waals surface area contributed by atoms with Crippen molar-refractivity contribution in [3.63, 3.8) is 0 Å². The van der Waals surface area contributed by atoms with Crippen molar-refractivity contribution in [3.05, 3.63) is 46.3 Å². The number of hydrogen-bond donors (Lipinski definition) is 1. The minimum absolute atomic E-state index is 0.129. The molecule has 10 heteroatoms. The summed E-state index contributed by atoms with van der Waals surface area (Å²) >= 11 is 1.61. The van der Waals surface area contributed by atoms with E-state index in [2.05, 4.69) is 14.6 Å². The number of thiophene rings is 1. The van der Waals surface area contributed by atoms with Gasteiger partial charge in [-0.1, -0.05) is 6.07 Å². The third kappa shape index (κ3) is 3.80. The van der Waals surface area contributed by atoms with Crippen LogP contribution in [0.5, 0.6) is 0 Å².